The number of fused-ring (bicyclic) bond motifs is 1. The molecule has 0 aliphatic heterocycles. The molecule has 0 unspecified atom stereocenters. The molecule has 98 valence electrons. The average molecular weight is 250 g/mol. The zero-order valence-corrected chi connectivity index (χ0v) is 10.5. The van der Waals surface area contributed by atoms with Crippen molar-refractivity contribution in [3.8, 4) is 0 Å². The third kappa shape index (κ3) is 2.61. The van der Waals surface area contributed by atoms with Crippen molar-refractivity contribution in [3.63, 3.8) is 0 Å². The fourth-order valence-electron chi connectivity index (χ4n) is 1.92. The third-order valence-corrected chi connectivity index (χ3v) is 2.99. The van der Waals surface area contributed by atoms with Crippen LogP contribution >= 0.6 is 0 Å². The minimum Gasteiger partial charge on any atom is -0.408 e. The fourth-order valence-corrected chi connectivity index (χ4v) is 1.92. The number of aromatic amines is 1. The fraction of sp³-hybridized carbons (Fsp3) is 0.417. The highest BCUT2D eigenvalue weighted by atomic mass is 16.4. The number of H-pyrrole nitrogens is 1. The maximum atomic E-state index is 11.1. The average Bonchev–Trinajstić information content (AvgIpc) is 2.68. The van der Waals surface area contributed by atoms with Crippen molar-refractivity contribution in [3.05, 3.63) is 34.3 Å². The van der Waals surface area contributed by atoms with Gasteiger partial charge in [-0.05, 0) is 17.7 Å². The molecule has 6 nitrogen and oxygen atoms in total. The molecule has 18 heavy (non-hydrogen) atoms. The van der Waals surface area contributed by atoms with Gasteiger partial charge in [-0.1, -0.05) is 19.9 Å². The number of benzene rings is 1. The van der Waals surface area contributed by atoms with Crippen LogP contribution < -0.4 is 22.3 Å². The van der Waals surface area contributed by atoms with Crippen LogP contribution in [0.3, 0.4) is 0 Å². The molecule has 0 saturated carbocycles. The Kier molecular flexibility index (Phi) is 3.51. The second-order valence-corrected chi connectivity index (χ2v) is 4.92. The minimum atomic E-state index is -0.426. The van der Waals surface area contributed by atoms with Crippen molar-refractivity contribution in [2.75, 3.05) is 13.2 Å². The summed E-state index contributed by atoms with van der Waals surface area (Å²) < 4.78 is 4.98. The van der Waals surface area contributed by atoms with Gasteiger partial charge in [0.1, 0.15) is 0 Å². The molecule has 1 heterocycles. The smallest absolute Gasteiger partial charge is 0.408 e. The van der Waals surface area contributed by atoms with E-state index in [0.717, 1.165) is 17.6 Å². The number of rotatable bonds is 5. The molecule has 0 radical (unpaired) electrons. The van der Waals surface area contributed by atoms with Gasteiger partial charge in [-0.15, -0.1) is 0 Å². The lowest BCUT2D eigenvalue weighted by molar-refractivity contribution is 0.455. The maximum absolute atomic E-state index is 11.1. The summed E-state index contributed by atoms with van der Waals surface area (Å²) in [6, 6.07) is 5.72. The number of hydrogen-bond donors (Lipinski definition) is 4. The summed E-state index contributed by atoms with van der Waals surface area (Å²) in [5, 5.41) is 3.20. The number of hydrazine groups is 1. The molecule has 2 aromatic rings. The summed E-state index contributed by atoms with van der Waals surface area (Å²) in [5.74, 6) is 4.78. The van der Waals surface area contributed by atoms with Gasteiger partial charge in [-0.25, -0.2) is 10.2 Å². The Bertz CT molecular complexity index is 585. The second-order valence-electron chi connectivity index (χ2n) is 4.92. The summed E-state index contributed by atoms with van der Waals surface area (Å²) in [7, 11) is 0. The van der Waals surface area contributed by atoms with E-state index in [1.165, 1.54) is 0 Å². The van der Waals surface area contributed by atoms with Crippen molar-refractivity contribution in [2.45, 2.75) is 19.3 Å². The molecule has 0 aliphatic rings. The standard InChI is InChI=1S/C12H18N4O2/c1-12(2,6-14-7-15-13)8-3-4-10-9(5-8)16-11(17)18-10/h3-5,14-15H,6-7,13H2,1-2H3,(H,16,17). The predicted molar refractivity (Wildman–Crippen MR) is 70.1 cm³/mol. The van der Waals surface area contributed by atoms with Crippen LogP contribution in [0.1, 0.15) is 19.4 Å². The van der Waals surface area contributed by atoms with Crippen molar-refractivity contribution < 1.29 is 4.42 Å². The van der Waals surface area contributed by atoms with E-state index >= 15 is 0 Å². The summed E-state index contributed by atoms with van der Waals surface area (Å²) in [4.78, 5) is 13.8. The van der Waals surface area contributed by atoms with Crippen LogP contribution in [0.4, 0.5) is 0 Å². The van der Waals surface area contributed by atoms with Crippen LogP contribution in [0.2, 0.25) is 0 Å². The summed E-state index contributed by atoms with van der Waals surface area (Å²) in [6.45, 7) is 5.56. The van der Waals surface area contributed by atoms with E-state index in [2.05, 4.69) is 29.6 Å². The molecule has 1 aromatic carbocycles. The Balaban J connectivity index is 2.25. The van der Waals surface area contributed by atoms with Crippen molar-refractivity contribution >= 4 is 11.1 Å². The highest BCUT2D eigenvalue weighted by Gasteiger charge is 2.20. The van der Waals surface area contributed by atoms with Crippen LogP contribution in [0.25, 0.3) is 11.1 Å². The van der Waals surface area contributed by atoms with Gasteiger partial charge in [-0.3, -0.25) is 10.8 Å². The molecule has 0 bridgehead atoms. The molecule has 0 saturated heterocycles. The molecule has 0 aliphatic carbocycles. The molecular weight excluding hydrogens is 232 g/mol. The van der Waals surface area contributed by atoms with Gasteiger partial charge >= 0.3 is 5.76 Å². The highest BCUT2D eigenvalue weighted by molar-refractivity contribution is 5.73. The Labute approximate surface area is 105 Å². The largest absolute Gasteiger partial charge is 0.417 e. The number of nitrogens with two attached hydrogens (primary N) is 1. The monoisotopic (exact) mass is 250 g/mol. The Hall–Kier alpha value is -1.63. The first kappa shape index (κ1) is 12.8. The minimum absolute atomic E-state index is 0.0702. The van der Waals surface area contributed by atoms with E-state index < -0.39 is 5.76 Å². The van der Waals surface area contributed by atoms with E-state index in [1.54, 1.807) is 0 Å². The molecule has 0 atom stereocenters. The van der Waals surface area contributed by atoms with E-state index in [9.17, 15) is 4.79 Å². The predicted octanol–water partition coefficient (Wildman–Crippen LogP) is 0.409. The summed E-state index contributed by atoms with van der Waals surface area (Å²) >= 11 is 0. The number of hydrogen-bond acceptors (Lipinski definition) is 5. The van der Waals surface area contributed by atoms with Gasteiger partial charge < -0.3 is 9.73 Å². The first-order valence-electron chi connectivity index (χ1n) is 5.80. The van der Waals surface area contributed by atoms with Crippen LogP contribution in [0.15, 0.2) is 27.4 Å². The van der Waals surface area contributed by atoms with Crippen molar-refractivity contribution in [1.82, 2.24) is 15.7 Å². The number of oxazole rings is 1. The Morgan fingerprint density at radius 3 is 2.94 bits per heavy atom. The van der Waals surface area contributed by atoms with Crippen molar-refractivity contribution in [1.29, 1.82) is 0 Å². The van der Waals surface area contributed by atoms with Crippen molar-refractivity contribution in [2.24, 2.45) is 5.84 Å². The van der Waals surface area contributed by atoms with Crippen LogP contribution in [0, 0.1) is 0 Å². The molecule has 0 spiro atoms. The first-order chi connectivity index (χ1) is 8.53. The highest BCUT2D eigenvalue weighted by Crippen LogP contribution is 2.25. The number of aromatic nitrogens is 1. The zero-order chi connectivity index (χ0) is 13.2. The zero-order valence-electron chi connectivity index (χ0n) is 10.5. The summed E-state index contributed by atoms with van der Waals surface area (Å²) in [6.07, 6.45) is 0. The van der Waals surface area contributed by atoms with E-state index in [1.807, 2.05) is 18.2 Å². The molecular formula is C12H18N4O2. The second kappa shape index (κ2) is 4.93. The topological polar surface area (TPSA) is 96.1 Å². The normalized spacial score (nSPS) is 12.2. The Morgan fingerprint density at radius 2 is 2.22 bits per heavy atom. The van der Waals surface area contributed by atoms with Gasteiger partial charge in [0.15, 0.2) is 5.58 Å². The van der Waals surface area contributed by atoms with E-state index in [0.29, 0.717) is 12.3 Å². The van der Waals surface area contributed by atoms with Crippen LogP contribution in [-0.4, -0.2) is 18.2 Å². The third-order valence-electron chi connectivity index (χ3n) is 2.99. The van der Waals surface area contributed by atoms with E-state index in [4.69, 9.17) is 10.3 Å². The maximum Gasteiger partial charge on any atom is 0.417 e. The van der Waals surface area contributed by atoms with Gasteiger partial charge in [0, 0.05) is 12.0 Å². The molecule has 6 heteroatoms. The summed E-state index contributed by atoms with van der Waals surface area (Å²) in [5.41, 5.74) is 4.91. The van der Waals surface area contributed by atoms with Gasteiger partial charge in [0.05, 0.1) is 12.2 Å². The SMILES string of the molecule is CC(C)(CNCNN)c1ccc2oc(=O)[nH]c2c1. The quantitative estimate of drug-likeness (QED) is 0.267. The van der Waals surface area contributed by atoms with Crippen LogP contribution in [0.5, 0.6) is 0 Å². The number of nitrogens with one attached hydrogen (secondary N) is 3. The molecule has 5 N–H and O–H groups in total. The first-order valence-corrected chi connectivity index (χ1v) is 5.80. The lowest BCUT2D eigenvalue weighted by Crippen LogP contribution is -2.40. The molecule has 1 aromatic heterocycles. The Morgan fingerprint density at radius 1 is 1.44 bits per heavy atom. The van der Waals surface area contributed by atoms with E-state index in [-0.39, 0.29) is 5.41 Å². The van der Waals surface area contributed by atoms with Gasteiger partial charge in [-0.2, -0.15) is 0 Å². The van der Waals surface area contributed by atoms with Gasteiger partial charge in [0.2, 0.25) is 0 Å². The molecule has 2 rings (SSSR count). The molecule has 0 fully saturated rings. The lowest BCUT2D eigenvalue weighted by Gasteiger charge is -2.25. The lowest BCUT2D eigenvalue weighted by atomic mass is 9.84. The van der Waals surface area contributed by atoms with Gasteiger partial charge in [0.25, 0.3) is 0 Å². The van der Waals surface area contributed by atoms with Crippen LogP contribution in [-0.2, 0) is 5.41 Å². The molecule has 0 amide bonds.